The summed E-state index contributed by atoms with van der Waals surface area (Å²) in [4.78, 5) is 23.9. The maximum absolute atomic E-state index is 14.0. The summed E-state index contributed by atoms with van der Waals surface area (Å²) >= 11 is 0. The number of anilines is 4. The van der Waals surface area contributed by atoms with Crippen LogP contribution in [0.4, 0.5) is 27.4 Å². The zero-order valence-electron chi connectivity index (χ0n) is 17.6. The summed E-state index contributed by atoms with van der Waals surface area (Å²) in [6.07, 6.45) is 5.18. The SMILES string of the molecule is O=C(O)COCC1CCN(c2cncc(N(c3ccccc3)c3cccc(F)c3)n2)CC1. The van der Waals surface area contributed by atoms with Crippen molar-refractivity contribution in [2.45, 2.75) is 12.8 Å². The topological polar surface area (TPSA) is 78.8 Å². The van der Waals surface area contributed by atoms with E-state index in [-0.39, 0.29) is 12.4 Å². The molecule has 1 aliphatic heterocycles. The van der Waals surface area contributed by atoms with Gasteiger partial charge in [-0.3, -0.25) is 9.88 Å². The van der Waals surface area contributed by atoms with Crippen LogP contribution in [-0.2, 0) is 9.53 Å². The molecule has 0 aliphatic carbocycles. The monoisotopic (exact) mass is 436 g/mol. The highest BCUT2D eigenvalue weighted by atomic mass is 19.1. The minimum absolute atomic E-state index is 0.261. The summed E-state index contributed by atoms with van der Waals surface area (Å²) in [7, 11) is 0. The third-order valence-electron chi connectivity index (χ3n) is 5.44. The third kappa shape index (κ3) is 5.39. The lowest BCUT2D eigenvalue weighted by Crippen LogP contribution is -2.36. The summed E-state index contributed by atoms with van der Waals surface area (Å²) in [6, 6.07) is 16.1. The van der Waals surface area contributed by atoms with Gasteiger partial charge in [-0.25, -0.2) is 14.2 Å². The first-order valence-corrected chi connectivity index (χ1v) is 10.6. The molecule has 1 fully saturated rings. The zero-order chi connectivity index (χ0) is 22.3. The summed E-state index contributed by atoms with van der Waals surface area (Å²) in [5.74, 6) is 0.418. The minimum atomic E-state index is -0.948. The Balaban J connectivity index is 1.53. The van der Waals surface area contributed by atoms with Gasteiger partial charge >= 0.3 is 5.97 Å². The number of benzene rings is 2. The molecule has 0 bridgehead atoms. The molecule has 166 valence electrons. The smallest absolute Gasteiger partial charge is 0.329 e. The molecule has 7 nitrogen and oxygen atoms in total. The molecule has 1 aliphatic rings. The highest BCUT2D eigenvalue weighted by Crippen LogP contribution is 2.34. The van der Waals surface area contributed by atoms with E-state index in [1.54, 1.807) is 18.5 Å². The van der Waals surface area contributed by atoms with Crippen LogP contribution in [0.5, 0.6) is 0 Å². The van der Waals surface area contributed by atoms with Crippen LogP contribution in [0.25, 0.3) is 0 Å². The summed E-state index contributed by atoms with van der Waals surface area (Å²) < 4.78 is 19.2. The number of carboxylic acids is 1. The van der Waals surface area contributed by atoms with E-state index in [0.29, 0.717) is 24.0 Å². The zero-order valence-corrected chi connectivity index (χ0v) is 17.6. The minimum Gasteiger partial charge on any atom is -0.480 e. The predicted molar refractivity (Wildman–Crippen MR) is 120 cm³/mol. The molecule has 2 heterocycles. The first-order chi connectivity index (χ1) is 15.6. The van der Waals surface area contributed by atoms with Crippen molar-refractivity contribution in [3.63, 3.8) is 0 Å². The van der Waals surface area contributed by atoms with Crippen LogP contribution in [0.2, 0.25) is 0 Å². The maximum atomic E-state index is 14.0. The summed E-state index contributed by atoms with van der Waals surface area (Å²) in [6.45, 7) is 1.76. The average molecular weight is 436 g/mol. The molecule has 0 saturated carbocycles. The van der Waals surface area contributed by atoms with Crippen LogP contribution in [0.15, 0.2) is 67.0 Å². The molecule has 3 aromatic rings. The molecular weight excluding hydrogens is 411 g/mol. The largest absolute Gasteiger partial charge is 0.480 e. The van der Waals surface area contributed by atoms with Crippen molar-refractivity contribution in [1.29, 1.82) is 0 Å². The quantitative estimate of drug-likeness (QED) is 0.561. The number of hydrogen-bond acceptors (Lipinski definition) is 6. The van der Waals surface area contributed by atoms with E-state index >= 15 is 0 Å². The highest BCUT2D eigenvalue weighted by Gasteiger charge is 2.22. The molecule has 4 rings (SSSR count). The molecule has 32 heavy (non-hydrogen) atoms. The van der Waals surface area contributed by atoms with Gasteiger partial charge in [0.25, 0.3) is 0 Å². The number of nitrogens with zero attached hydrogens (tertiary/aromatic N) is 4. The maximum Gasteiger partial charge on any atom is 0.329 e. The number of para-hydroxylation sites is 1. The standard InChI is InChI=1S/C24H25FN4O3/c25-19-5-4-8-21(13-19)29(20-6-2-1-3-7-20)23-15-26-14-22(27-23)28-11-9-18(10-12-28)16-32-17-24(30)31/h1-8,13-15,18H,9-12,16-17H2,(H,30,31). The Kier molecular flexibility index (Phi) is 6.91. The van der Waals surface area contributed by atoms with Crippen LogP contribution < -0.4 is 9.80 Å². The number of aliphatic carboxylic acids is 1. The van der Waals surface area contributed by atoms with Gasteiger partial charge in [-0.1, -0.05) is 24.3 Å². The fourth-order valence-corrected chi connectivity index (χ4v) is 3.85. The Morgan fingerprint density at radius 1 is 1.09 bits per heavy atom. The van der Waals surface area contributed by atoms with Gasteiger partial charge in [0.2, 0.25) is 0 Å². The number of piperidine rings is 1. The summed E-state index contributed by atoms with van der Waals surface area (Å²) in [5, 5.41) is 8.71. The van der Waals surface area contributed by atoms with E-state index in [1.807, 2.05) is 41.3 Å². The van der Waals surface area contributed by atoms with Crippen molar-refractivity contribution in [2.75, 3.05) is 36.1 Å². The lowest BCUT2D eigenvalue weighted by molar-refractivity contribution is -0.142. The van der Waals surface area contributed by atoms with Gasteiger partial charge in [0.1, 0.15) is 18.2 Å². The fraction of sp³-hybridized carbons (Fsp3) is 0.292. The van der Waals surface area contributed by atoms with Crippen molar-refractivity contribution in [2.24, 2.45) is 5.92 Å². The van der Waals surface area contributed by atoms with E-state index in [1.165, 1.54) is 12.1 Å². The number of carbonyl (C=O) groups is 1. The van der Waals surface area contributed by atoms with Gasteiger partial charge in [-0.15, -0.1) is 0 Å². The van der Waals surface area contributed by atoms with E-state index in [4.69, 9.17) is 14.8 Å². The molecule has 1 N–H and O–H groups in total. The normalized spacial score (nSPS) is 14.3. The number of halogens is 1. The van der Waals surface area contributed by atoms with Gasteiger partial charge in [0, 0.05) is 18.8 Å². The third-order valence-corrected chi connectivity index (χ3v) is 5.44. The Hall–Kier alpha value is -3.52. The van der Waals surface area contributed by atoms with E-state index < -0.39 is 5.97 Å². The highest BCUT2D eigenvalue weighted by molar-refractivity contribution is 5.74. The van der Waals surface area contributed by atoms with E-state index in [0.717, 1.165) is 37.4 Å². The van der Waals surface area contributed by atoms with E-state index in [9.17, 15) is 9.18 Å². The summed E-state index contributed by atoms with van der Waals surface area (Å²) in [5.41, 5.74) is 1.52. The number of hydrogen-bond donors (Lipinski definition) is 1. The van der Waals surface area contributed by atoms with E-state index in [2.05, 4.69) is 9.88 Å². The van der Waals surface area contributed by atoms with Crippen LogP contribution in [0.1, 0.15) is 12.8 Å². The molecule has 1 aromatic heterocycles. The van der Waals surface area contributed by atoms with Crippen molar-refractivity contribution in [3.05, 3.63) is 72.8 Å². The molecule has 8 heteroatoms. The predicted octanol–water partition coefficient (Wildman–Crippen LogP) is 4.40. The van der Waals surface area contributed by atoms with Crippen LogP contribution in [0, 0.1) is 11.7 Å². The van der Waals surface area contributed by atoms with Crippen molar-refractivity contribution in [3.8, 4) is 0 Å². The molecule has 1 saturated heterocycles. The number of ether oxygens (including phenoxy) is 1. The van der Waals surface area contributed by atoms with Gasteiger partial charge < -0.3 is 14.7 Å². The second-order valence-corrected chi connectivity index (χ2v) is 7.73. The molecular formula is C24H25FN4O3. The molecule has 0 amide bonds. The first kappa shape index (κ1) is 21.7. The molecule has 2 aromatic carbocycles. The van der Waals surface area contributed by atoms with Gasteiger partial charge in [0.05, 0.1) is 24.7 Å². The van der Waals surface area contributed by atoms with Crippen molar-refractivity contribution >= 4 is 29.0 Å². The van der Waals surface area contributed by atoms with Crippen LogP contribution >= 0.6 is 0 Å². The Bertz CT molecular complexity index is 1040. The molecule has 0 atom stereocenters. The van der Waals surface area contributed by atoms with Crippen LogP contribution in [-0.4, -0.2) is 47.3 Å². The molecule has 0 spiro atoms. The van der Waals surface area contributed by atoms with Crippen molar-refractivity contribution in [1.82, 2.24) is 9.97 Å². The fourth-order valence-electron chi connectivity index (χ4n) is 3.85. The van der Waals surface area contributed by atoms with Crippen molar-refractivity contribution < 1.29 is 19.0 Å². The first-order valence-electron chi connectivity index (χ1n) is 10.6. The number of rotatable bonds is 8. The average Bonchev–Trinajstić information content (AvgIpc) is 2.81. The molecule has 0 unspecified atom stereocenters. The Morgan fingerprint density at radius 3 is 2.56 bits per heavy atom. The molecule has 0 radical (unpaired) electrons. The lowest BCUT2D eigenvalue weighted by Gasteiger charge is -2.33. The Morgan fingerprint density at radius 2 is 1.84 bits per heavy atom. The van der Waals surface area contributed by atoms with Gasteiger partial charge in [-0.05, 0) is 49.1 Å². The number of aromatic nitrogens is 2. The van der Waals surface area contributed by atoms with Gasteiger partial charge in [0.15, 0.2) is 5.82 Å². The Labute approximate surface area is 186 Å². The second-order valence-electron chi connectivity index (χ2n) is 7.73. The lowest BCUT2D eigenvalue weighted by atomic mass is 9.98. The number of carboxylic acid groups (broad SMARTS) is 1. The second kappa shape index (κ2) is 10.2. The van der Waals surface area contributed by atoms with Gasteiger partial charge in [-0.2, -0.15) is 0 Å². The van der Waals surface area contributed by atoms with Crippen LogP contribution in [0.3, 0.4) is 0 Å².